The van der Waals surface area contributed by atoms with Crippen molar-refractivity contribution < 1.29 is 9.59 Å². The van der Waals surface area contributed by atoms with Crippen LogP contribution in [-0.2, 0) is 9.59 Å². The molecule has 6 heteroatoms. The highest BCUT2D eigenvalue weighted by molar-refractivity contribution is 9.10. The second-order valence-electron chi connectivity index (χ2n) is 9.37. The molecule has 5 rings (SSSR count). The molecule has 0 spiro atoms. The second kappa shape index (κ2) is 6.52. The van der Waals surface area contributed by atoms with Gasteiger partial charge in [-0.05, 0) is 68.6 Å². The maximum Gasteiger partial charge on any atom is 0.231 e. The van der Waals surface area contributed by atoms with Gasteiger partial charge in [0.05, 0.1) is 6.54 Å². The van der Waals surface area contributed by atoms with Crippen molar-refractivity contribution >= 4 is 27.7 Å². The zero-order chi connectivity index (χ0) is 17.7. The minimum absolute atomic E-state index is 0.240. The third-order valence-corrected chi connectivity index (χ3v) is 7.91. The zero-order valence-electron chi connectivity index (χ0n) is 14.9. The second-order valence-corrected chi connectivity index (χ2v) is 11.1. The number of carbonyl (C=O) groups is 2. The van der Waals surface area contributed by atoms with Crippen LogP contribution in [0.4, 0.5) is 0 Å². The molecule has 0 aromatic rings. The molecule has 3 N–H and O–H groups in total. The molecule has 2 unspecified atom stereocenters. The molecule has 5 nitrogen and oxygen atoms in total. The molecule has 1 heterocycles. The topological polar surface area (TPSA) is 75.4 Å². The smallest absolute Gasteiger partial charge is 0.231 e. The summed E-state index contributed by atoms with van der Waals surface area (Å²) in [5.41, 5.74) is 5.50. The minimum atomic E-state index is -0.270. The molecule has 5 fully saturated rings. The van der Waals surface area contributed by atoms with Crippen molar-refractivity contribution in [1.29, 1.82) is 0 Å². The van der Waals surface area contributed by atoms with E-state index in [1.165, 1.54) is 38.5 Å². The Morgan fingerprint density at radius 1 is 1.12 bits per heavy atom. The van der Waals surface area contributed by atoms with Crippen LogP contribution in [0.1, 0.15) is 57.8 Å². The fourth-order valence-corrected chi connectivity index (χ4v) is 8.13. The largest absolute Gasteiger partial charge is 0.369 e. The fourth-order valence-electron chi connectivity index (χ4n) is 6.62. The summed E-state index contributed by atoms with van der Waals surface area (Å²) in [5, 5.41) is 3.28. The Balaban J connectivity index is 1.29. The number of nitrogens with zero attached hydrogens (tertiary/aromatic N) is 1. The van der Waals surface area contributed by atoms with Crippen LogP contribution in [0.3, 0.4) is 0 Å². The van der Waals surface area contributed by atoms with Crippen molar-refractivity contribution in [2.45, 2.75) is 68.2 Å². The number of halogens is 1. The van der Waals surface area contributed by atoms with Gasteiger partial charge in [-0.1, -0.05) is 15.9 Å². The number of carbonyl (C=O) groups excluding carboxylic acids is 2. The number of piperidine rings is 1. The van der Waals surface area contributed by atoms with E-state index in [9.17, 15) is 9.59 Å². The summed E-state index contributed by atoms with van der Waals surface area (Å²) in [6.45, 7) is 2.02. The first-order valence-electron chi connectivity index (χ1n) is 9.82. The van der Waals surface area contributed by atoms with Crippen molar-refractivity contribution in [3.63, 3.8) is 0 Å². The predicted molar refractivity (Wildman–Crippen MR) is 100 cm³/mol. The molecular weight excluding hydrogens is 382 g/mol. The summed E-state index contributed by atoms with van der Waals surface area (Å²) < 4.78 is 0.317. The summed E-state index contributed by atoms with van der Waals surface area (Å²) in [6, 6.07) is 0.253. The maximum absolute atomic E-state index is 12.7. The molecule has 4 saturated carbocycles. The number of hydrogen-bond acceptors (Lipinski definition) is 3. The lowest BCUT2D eigenvalue weighted by molar-refractivity contribution is -0.129. The number of nitrogens with two attached hydrogens (primary N) is 1. The van der Waals surface area contributed by atoms with Crippen LogP contribution >= 0.6 is 15.9 Å². The van der Waals surface area contributed by atoms with Gasteiger partial charge in [-0.3, -0.25) is 14.5 Å². The molecule has 4 bridgehead atoms. The van der Waals surface area contributed by atoms with Gasteiger partial charge < -0.3 is 11.1 Å². The molecule has 0 radical (unpaired) electrons. The number of alkyl halides is 1. The minimum Gasteiger partial charge on any atom is -0.369 e. The number of amides is 2. The third kappa shape index (κ3) is 3.90. The van der Waals surface area contributed by atoms with Crippen LogP contribution in [0.2, 0.25) is 0 Å². The lowest BCUT2D eigenvalue weighted by Gasteiger charge is -2.60. The normalized spacial score (nSPS) is 41.0. The maximum atomic E-state index is 12.7. The highest BCUT2D eigenvalue weighted by Gasteiger charge is 2.57. The van der Waals surface area contributed by atoms with E-state index in [2.05, 4.69) is 26.1 Å². The summed E-state index contributed by atoms with van der Waals surface area (Å²) in [5.74, 6) is 1.62. The van der Waals surface area contributed by atoms with Gasteiger partial charge in [-0.2, -0.15) is 0 Å². The number of likely N-dealkylation sites (tertiary alicyclic amines) is 1. The monoisotopic (exact) mass is 411 g/mol. The van der Waals surface area contributed by atoms with Gasteiger partial charge in [-0.15, -0.1) is 0 Å². The summed E-state index contributed by atoms with van der Waals surface area (Å²) in [6.07, 6.45) is 10.2. The Labute approximate surface area is 158 Å². The summed E-state index contributed by atoms with van der Waals surface area (Å²) >= 11 is 4.03. The van der Waals surface area contributed by atoms with Crippen LogP contribution in [0.25, 0.3) is 0 Å². The molecule has 2 amide bonds. The van der Waals surface area contributed by atoms with Crippen molar-refractivity contribution in [2.24, 2.45) is 23.0 Å². The molecule has 4 aliphatic carbocycles. The first kappa shape index (κ1) is 17.8. The van der Waals surface area contributed by atoms with Gasteiger partial charge in [0, 0.05) is 29.9 Å². The molecule has 140 valence electrons. The van der Waals surface area contributed by atoms with E-state index in [0.29, 0.717) is 17.3 Å². The standard InChI is InChI=1S/C19H30BrN3O2/c20-19-8-13-5-14(9-19)7-18(6-13,12-19)10-17(25)22-15-1-3-23(4-2-15)11-16(21)24/h13-15H,1-12H2,(H2,21,24)(H,22,25). The molecule has 2 atom stereocenters. The zero-order valence-corrected chi connectivity index (χ0v) is 16.5. The van der Waals surface area contributed by atoms with E-state index in [4.69, 9.17) is 5.73 Å². The van der Waals surface area contributed by atoms with Gasteiger partial charge >= 0.3 is 0 Å². The molecule has 0 aromatic carbocycles. The Hall–Kier alpha value is -0.620. The molecule has 25 heavy (non-hydrogen) atoms. The number of nitrogens with one attached hydrogen (secondary N) is 1. The van der Waals surface area contributed by atoms with E-state index in [1.54, 1.807) is 0 Å². The van der Waals surface area contributed by atoms with E-state index >= 15 is 0 Å². The van der Waals surface area contributed by atoms with Crippen LogP contribution < -0.4 is 11.1 Å². The van der Waals surface area contributed by atoms with Gasteiger partial charge in [0.2, 0.25) is 11.8 Å². The molecule has 5 aliphatic rings. The van der Waals surface area contributed by atoms with Crippen molar-refractivity contribution in [3.05, 3.63) is 0 Å². The van der Waals surface area contributed by atoms with E-state index in [-0.39, 0.29) is 23.3 Å². The summed E-state index contributed by atoms with van der Waals surface area (Å²) in [4.78, 5) is 25.8. The van der Waals surface area contributed by atoms with Crippen LogP contribution in [-0.4, -0.2) is 46.7 Å². The van der Waals surface area contributed by atoms with Gasteiger partial charge in [-0.25, -0.2) is 0 Å². The number of hydrogen-bond donors (Lipinski definition) is 2. The Kier molecular flexibility index (Phi) is 4.64. The van der Waals surface area contributed by atoms with E-state index in [0.717, 1.165) is 37.8 Å². The number of rotatable bonds is 5. The average Bonchev–Trinajstić information content (AvgIpc) is 2.45. The molecule has 0 aromatic heterocycles. The van der Waals surface area contributed by atoms with Crippen molar-refractivity contribution in [1.82, 2.24) is 10.2 Å². The lowest BCUT2D eigenvalue weighted by atomic mass is 9.48. The van der Waals surface area contributed by atoms with Crippen molar-refractivity contribution in [3.8, 4) is 0 Å². The van der Waals surface area contributed by atoms with E-state index in [1.807, 2.05) is 0 Å². The Morgan fingerprint density at radius 3 is 2.32 bits per heavy atom. The van der Waals surface area contributed by atoms with Gasteiger partial charge in [0.15, 0.2) is 0 Å². The first-order chi connectivity index (χ1) is 11.8. The van der Waals surface area contributed by atoms with Crippen LogP contribution in [0.15, 0.2) is 0 Å². The van der Waals surface area contributed by atoms with Crippen molar-refractivity contribution in [2.75, 3.05) is 19.6 Å². The van der Waals surface area contributed by atoms with E-state index < -0.39 is 0 Å². The lowest BCUT2D eigenvalue weighted by Crippen LogP contribution is -2.54. The SMILES string of the molecule is NC(=O)CN1CCC(NC(=O)CC23CC4CC(CC(Br)(C4)C2)C3)CC1. The Morgan fingerprint density at radius 2 is 1.76 bits per heavy atom. The van der Waals surface area contributed by atoms with Gasteiger partial charge in [0.1, 0.15) is 0 Å². The summed E-state index contributed by atoms with van der Waals surface area (Å²) in [7, 11) is 0. The number of primary amides is 1. The van der Waals surface area contributed by atoms with Gasteiger partial charge in [0.25, 0.3) is 0 Å². The Bertz CT molecular complexity index is 545. The molecule has 1 aliphatic heterocycles. The quantitative estimate of drug-likeness (QED) is 0.680. The van der Waals surface area contributed by atoms with Crippen LogP contribution in [0.5, 0.6) is 0 Å². The molecular formula is C19H30BrN3O2. The highest BCUT2D eigenvalue weighted by Crippen LogP contribution is 2.65. The first-order valence-corrected chi connectivity index (χ1v) is 10.6. The predicted octanol–water partition coefficient (Wildman–Crippen LogP) is 2.18. The third-order valence-electron chi connectivity index (χ3n) is 6.98. The molecule has 1 saturated heterocycles. The average molecular weight is 412 g/mol. The van der Waals surface area contributed by atoms with Crippen LogP contribution in [0, 0.1) is 17.3 Å². The fraction of sp³-hybridized carbons (Fsp3) is 0.895. The highest BCUT2D eigenvalue weighted by atomic mass is 79.9.